The standard InChI is InChI=1S/C18H22O3/c1-20-18-9-5-8-16(11-18)10-17(12-19)14-21-13-15-6-3-2-4-7-15/h2-9,11,17,19H,10,12-14H2,1H3. The number of hydrogen-bond donors (Lipinski definition) is 1. The van der Waals surface area contributed by atoms with Gasteiger partial charge in [-0.2, -0.15) is 0 Å². The average Bonchev–Trinajstić information content (AvgIpc) is 2.55. The molecule has 3 nitrogen and oxygen atoms in total. The summed E-state index contributed by atoms with van der Waals surface area (Å²) in [5.74, 6) is 0.940. The van der Waals surface area contributed by atoms with Crippen LogP contribution in [-0.2, 0) is 17.8 Å². The molecule has 0 aliphatic carbocycles. The molecule has 0 saturated heterocycles. The summed E-state index contributed by atoms with van der Waals surface area (Å²) >= 11 is 0. The van der Waals surface area contributed by atoms with Crippen molar-refractivity contribution in [1.82, 2.24) is 0 Å². The summed E-state index contributed by atoms with van der Waals surface area (Å²) in [4.78, 5) is 0. The van der Waals surface area contributed by atoms with E-state index in [1.807, 2.05) is 54.6 Å². The second-order valence-corrected chi connectivity index (χ2v) is 5.10. The predicted octanol–water partition coefficient (Wildman–Crippen LogP) is 3.06. The van der Waals surface area contributed by atoms with Crippen LogP contribution in [0.5, 0.6) is 5.75 Å². The van der Waals surface area contributed by atoms with E-state index in [0.717, 1.165) is 23.3 Å². The van der Waals surface area contributed by atoms with Crippen LogP contribution in [-0.4, -0.2) is 25.4 Å². The topological polar surface area (TPSA) is 38.7 Å². The number of ether oxygens (including phenoxy) is 2. The highest BCUT2D eigenvalue weighted by molar-refractivity contribution is 5.28. The van der Waals surface area contributed by atoms with E-state index in [9.17, 15) is 5.11 Å². The van der Waals surface area contributed by atoms with Gasteiger partial charge in [-0.1, -0.05) is 42.5 Å². The first-order chi connectivity index (χ1) is 10.3. The summed E-state index contributed by atoms with van der Waals surface area (Å²) in [7, 11) is 1.66. The molecule has 0 aromatic heterocycles. The molecule has 0 saturated carbocycles. The van der Waals surface area contributed by atoms with E-state index in [0.29, 0.717) is 13.2 Å². The molecule has 1 N–H and O–H groups in total. The molecule has 0 fully saturated rings. The molecule has 112 valence electrons. The number of rotatable bonds is 8. The highest BCUT2D eigenvalue weighted by Crippen LogP contribution is 2.16. The molecule has 0 aliphatic rings. The fraction of sp³-hybridized carbons (Fsp3) is 0.333. The lowest BCUT2D eigenvalue weighted by Gasteiger charge is -2.15. The smallest absolute Gasteiger partial charge is 0.119 e. The lowest BCUT2D eigenvalue weighted by atomic mass is 10.0. The number of aliphatic hydroxyl groups is 1. The Morgan fingerprint density at radius 3 is 2.48 bits per heavy atom. The Morgan fingerprint density at radius 2 is 1.76 bits per heavy atom. The van der Waals surface area contributed by atoms with Crippen LogP contribution in [0.2, 0.25) is 0 Å². The van der Waals surface area contributed by atoms with Gasteiger partial charge in [0.1, 0.15) is 5.75 Å². The van der Waals surface area contributed by atoms with E-state index in [4.69, 9.17) is 9.47 Å². The first-order valence-corrected chi connectivity index (χ1v) is 7.17. The summed E-state index contributed by atoms with van der Waals surface area (Å²) in [6.07, 6.45) is 0.780. The Morgan fingerprint density at radius 1 is 1.00 bits per heavy atom. The molecule has 2 aromatic rings. The van der Waals surface area contributed by atoms with Crippen molar-refractivity contribution in [1.29, 1.82) is 0 Å². The van der Waals surface area contributed by atoms with Crippen molar-refractivity contribution in [3.63, 3.8) is 0 Å². The lowest BCUT2D eigenvalue weighted by molar-refractivity contribution is 0.0629. The van der Waals surface area contributed by atoms with Gasteiger partial charge < -0.3 is 14.6 Å². The Bertz CT molecular complexity index is 525. The molecular weight excluding hydrogens is 264 g/mol. The van der Waals surface area contributed by atoms with Crippen molar-refractivity contribution in [2.45, 2.75) is 13.0 Å². The fourth-order valence-electron chi connectivity index (χ4n) is 2.23. The molecule has 2 rings (SSSR count). The number of benzene rings is 2. The minimum atomic E-state index is 0.0980. The first-order valence-electron chi connectivity index (χ1n) is 7.17. The molecule has 2 aromatic carbocycles. The first kappa shape index (κ1) is 15.5. The Balaban J connectivity index is 1.82. The number of aliphatic hydroxyl groups excluding tert-OH is 1. The zero-order valence-electron chi connectivity index (χ0n) is 12.4. The van der Waals surface area contributed by atoms with Crippen molar-refractivity contribution < 1.29 is 14.6 Å². The third-order valence-electron chi connectivity index (χ3n) is 3.38. The van der Waals surface area contributed by atoms with E-state index >= 15 is 0 Å². The van der Waals surface area contributed by atoms with Crippen LogP contribution in [0.1, 0.15) is 11.1 Å². The molecule has 1 atom stereocenters. The Hall–Kier alpha value is -1.84. The molecule has 21 heavy (non-hydrogen) atoms. The van der Waals surface area contributed by atoms with E-state index in [1.165, 1.54) is 0 Å². The summed E-state index contributed by atoms with van der Waals surface area (Å²) in [5.41, 5.74) is 2.30. The largest absolute Gasteiger partial charge is 0.497 e. The Labute approximate surface area is 126 Å². The number of hydrogen-bond acceptors (Lipinski definition) is 3. The normalized spacial score (nSPS) is 12.1. The molecule has 0 amide bonds. The maximum Gasteiger partial charge on any atom is 0.119 e. The fourth-order valence-corrected chi connectivity index (χ4v) is 2.23. The van der Waals surface area contributed by atoms with Gasteiger partial charge in [0, 0.05) is 12.5 Å². The molecule has 0 heterocycles. The van der Waals surface area contributed by atoms with E-state index in [-0.39, 0.29) is 12.5 Å². The third-order valence-corrected chi connectivity index (χ3v) is 3.38. The number of methoxy groups -OCH3 is 1. The maximum absolute atomic E-state index is 9.50. The second kappa shape index (κ2) is 8.45. The summed E-state index contributed by atoms with van der Waals surface area (Å²) in [5, 5.41) is 9.50. The quantitative estimate of drug-likeness (QED) is 0.810. The van der Waals surface area contributed by atoms with Crippen LogP contribution in [0.15, 0.2) is 54.6 Å². The van der Waals surface area contributed by atoms with Crippen LogP contribution < -0.4 is 4.74 Å². The van der Waals surface area contributed by atoms with E-state index in [1.54, 1.807) is 7.11 Å². The third kappa shape index (κ3) is 5.21. The summed E-state index contributed by atoms with van der Waals surface area (Å²) < 4.78 is 10.9. The van der Waals surface area contributed by atoms with Crippen molar-refractivity contribution in [2.75, 3.05) is 20.3 Å². The van der Waals surface area contributed by atoms with Gasteiger partial charge >= 0.3 is 0 Å². The van der Waals surface area contributed by atoms with Crippen molar-refractivity contribution in [3.05, 3.63) is 65.7 Å². The van der Waals surface area contributed by atoms with Crippen LogP contribution in [0.4, 0.5) is 0 Å². The molecule has 1 unspecified atom stereocenters. The van der Waals surface area contributed by atoms with Gasteiger partial charge in [0.2, 0.25) is 0 Å². The predicted molar refractivity (Wildman–Crippen MR) is 83.4 cm³/mol. The van der Waals surface area contributed by atoms with Gasteiger partial charge in [0.25, 0.3) is 0 Å². The molecule has 3 heteroatoms. The zero-order valence-corrected chi connectivity index (χ0v) is 12.4. The maximum atomic E-state index is 9.50. The zero-order chi connectivity index (χ0) is 14.9. The van der Waals surface area contributed by atoms with Crippen molar-refractivity contribution in [3.8, 4) is 5.75 Å². The van der Waals surface area contributed by atoms with Gasteiger partial charge in [-0.15, -0.1) is 0 Å². The summed E-state index contributed by atoms with van der Waals surface area (Å²) in [6, 6.07) is 18.0. The molecule has 0 bridgehead atoms. The molecule has 0 spiro atoms. The monoisotopic (exact) mass is 286 g/mol. The van der Waals surface area contributed by atoms with Gasteiger partial charge in [-0.05, 0) is 29.7 Å². The van der Waals surface area contributed by atoms with Crippen LogP contribution >= 0.6 is 0 Å². The van der Waals surface area contributed by atoms with Gasteiger partial charge in [0.05, 0.1) is 20.3 Å². The SMILES string of the molecule is COc1cccc(CC(CO)COCc2ccccc2)c1. The Kier molecular flexibility index (Phi) is 6.25. The minimum Gasteiger partial charge on any atom is -0.497 e. The van der Waals surface area contributed by atoms with Crippen molar-refractivity contribution in [2.24, 2.45) is 5.92 Å². The second-order valence-electron chi connectivity index (χ2n) is 5.10. The van der Waals surface area contributed by atoms with E-state index in [2.05, 4.69) is 0 Å². The van der Waals surface area contributed by atoms with Crippen LogP contribution in [0.25, 0.3) is 0 Å². The highest BCUT2D eigenvalue weighted by atomic mass is 16.5. The van der Waals surface area contributed by atoms with Gasteiger partial charge in [-0.25, -0.2) is 0 Å². The van der Waals surface area contributed by atoms with Crippen LogP contribution in [0, 0.1) is 5.92 Å². The summed E-state index contributed by atoms with van der Waals surface area (Å²) in [6.45, 7) is 1.24. The van der Waals surface area contributed by atoms with Gasteiger partial charge in [0.15, 0.2) is 0 Å². The highest BCUT2D eigenvalue weighted by Gasteiger charge is 2.10. The average molecular weight is 286 g/mol. The van der Waals surface area contributed by atoms with Crippen LogP contribution in [0.3, 0.4) is 0 Å². The minimum absolute atomic E-state index is 0.0980. The molecule has 0 radical (unpaired) electrons. The van der Waals surface area contributed by atoms with Gasteiger partial charge in [-0.3, -0.25) is 0 Å². The molecule has 0 aliphatic heterocycles. The van der Waals surface area contributed by atoms with Crippen molar-refractivity contribution >= 4 is 0 Å². The molecular formula is C18H22O3. The van der Waals surface area contributed by atoms with E-state index < -0.39 is 0 Å². The lowest BCUT2D eigenvalue weighted by Crippen LogP contribution is -2.16.